The minimum atomic E-state index is -0.295. The highest BCUT2D eigenvalue weighted by molar-refractivity contribution is 6.05. The monoisotopic (exact) mass is 426 g/mol. The Bertz CT molecular complexity index is 1170. The van der Waals surface area contributed by atoms with Crippen LogP contribution in [0.4, 0.5) is 0 Å². The van der Waals surface area contributed by atoms with E-state index in [0.29, 0.717) is 5.56 Å². The van der Waals surface area contributed by atoms with E-state index in [9.17, 15) is 4.79 Å². The highest BCUT2D eigenvalue weighted by Crippen LogP contribution is 2.62. The van der Waals surface area contributed by atoms with Crippen LogP contribution in [0.25, 0.3) is 21.9 Å². The van der Waals surface area contributed by atoms with Gasteiger partial charge in [0.05, 0.1) is 19.8 Å². The smallest absolute Gasteiger partial charge is 0.338 e. The molecule has 4 aliphatic carbocycles. The van der Waals surface area contributed by atoms with Crippen LogP contribution in [0.5, 0.6) is 5.75 Å². The number of carbonyl (C=O) groups excluding carboxylic acids is 1. The molecule has 0 spiro atoms. The van der Waals surface area contributed by atoms with Crippen LogP contribution in [0.1, 0.15) is 54.4 Å². The molecule has 3 heteroatoms. The number of methoxy groups -OCH3 is 2. The van der Waals surface area contributed by atoms with Gasteiger partial charge in [-0.15, -0.1) is 0 Å². The van der Waals surface area contributed by atoms with Crippen LogP contribution in [0.3, 0.4) is 0 Å². The Labute approximate surface area is 189 Å². The Balaban J connectivity index is 1.44. The molecule has 32 heavy (non-hydrogen) atoms. The van der Waals surface area contributed by atoms with E-state index in [1.807, 2.05) is 25.3 Å². The molecule has 3 nitrogen and oxygen atoms in total. The highest BCUT2D eigenvalue weighted by atomic mass is 16.5. The number of fused-ring (bicyclic) bond motifs is 1. The molecular formula is C29H30O3. The van der Waals surface area contributed by atoms with Crippen molar-refractivity contribution in [2.45, 2.75) is 43.9 Å². The van der Waals surface area contributed by atoms with Gasteiger partial charge in [-0.3, -0.25) is 0 Å². The molecule has 4 fully saturated rings. The molecule has 0 saturated heterocycles. The third-order valence-electron chi connectivity index (χ3n) is 8.43. The second kappa shape index (κ2) is 7.37. The number of hydrogen-bond donors (Lipinski definition) is 0. The van der Waals surface area contributed by atoms with Crippen LogP contribution in [-0.4, -0.2) is 20.2 Å². The minimum Gasteiger partial charge on any atom is -0.496 e. The summed E-state index contributed by atoms with van der Waals surface area (Å²) in [5, 5.41) is 1.98. The molecule has 7 rings (SSSR count). The van der Waals surface area contributed by atoms with Crippen molar-refractivity contribution in [3.8, 4) is 16.9 Å². The minimum absolute atomic E-state index is 0.283. The zero-order chi connectivity index (χ0) is 21.9. The zero-order valence-electron chi connectivity index (χ0n) is 18.9. The predicted molar refractivity (Wildman–Crippen MR) is 127 cm³/mol. The number of ether oxygens (including phenoxy) is 2. The van der Waals surface area contributed by atoms with Gasteiger partial charge in [-0.1, -0.05) is 30.3 Å². The van der Waals surface area contributed by atoms with Gasteiger partial charge in [0, 0.05) is 5.56 Å². The molecule has 0 N–H and O–H groups in total. The lowest BCUT2D eigenvalue weighted by Crippen LogP contribution is -2.48. The Morgan fingerprint density at radius 2 is 1.50 bits per heavy atom. The standard InChI is InChI=1S/C29H30O3/c1-31-27-9-7-22(14-26(27)29-15-18-10-19(16-29)12-20(11-18)17-29)21-6-8-24-23(13-21)4-3-5-25(24)28(30)32-2/h3-9,13-14,18-20H,10-12,15-17H2,1-2H3. The first-order valence-electron chi connectivity index (χ1n) is 11.9. The molecular weight excluding hydrogens is 396 g/mol. The van der Waals surface area contributed by atoms with Gasteiger partial charge in [0.25, 0.3) is 0 Å². The average Bonchev–Trinajstić information content (AvgIpc) is 2.81. The Kier molecular flexibility index (Phi) is 4.57. The molecule has 0 radical (unpaired) electrons. The van der Waals surface area contributed by atoms with Gasteiger partial charge >= 0.3 is 5.97 Å². The molecule has 0 heterocycles. The van der Waals surface area contributed by atoms with Gasteiger partial charge < -0.3 is 9.47 Å². The van der Waals surface area contributed by atoms with Gasteiger partial charge in [-0.25, -0.2) is 4.79 Å². The van der Waals surface area contributed by atoms with E-state index >= 15 is 0 Å². The molecule has 164 valence electrons. The van der Waals surface area contributed by atoms with Crippen molar-refractivity contribution in [2.24, 2.45) is 17.8 Å². The van der Waals surface area contributed by atoms with Crippen LogP contribution < -0.4 is 4.74 Å². The Hall–Kier alpha value is -2.81. The normalized spacial score (nSPS) is 28.1. The van der Waals surface area contributed by atoms with Crippen molar-refractivity contribution in [3.05, 3.63) is 65.7 Å². The van der Waals surface area contributed by atoms with Gasteiger partial charge in [0.2, 0.25) is 0 Å². The van der Waals surface area contributed by atoms with Crippen molar-refractivity contribution in [1.29, 1.82) is 0 Å². The highest BCUT2D eigenvalue weighted by Gasteiger charge is 2.52. The topological polar surface area (TPSA) is 35.5 Å². The second-order valence-electron chi connectivity index (χ2n) is 10.3. The van der Waals surface area contributed by atoms with Crippen LogP contribution in [0.15, 0.2) is 54.6 Å². The first-order valence-corrected chi connectivity index (χ1v) is 11.9. The van der Waals surface area contributed by atoms with E-state index in [0.717, 1.165) is 34.3 Å². The van der Waals surface area contributed by atoms with Crippen LogP contribution >= 0.6 is 0 Å². The van der Waals surface area contributed by atoms with Gasteiger partial charge in [-0.05, 0) is 108 Å². The summed E-state index contributed by atoms with van der Waals surface area (Å²) in [5.41, 5.74) is 4.71. The fourth-order valence-corrected chi connectivity index (χ4v) is 7.49. The summed E-state index contributed by atoms with van der Waals surface area (Å²) in [7, 11) is 3.24. The summed E-state index contributed by atoms with van der Waals surface area (Å²) in [6, 6.07) is 18.9. The van der Waals surface area contributed by atoms with Gasteiger partial charge in [0.1, 0.15) is 5.75 Å². The summed E-state index contributed by atoms with van der Waals surface area (Å²) in [4.78, 5) is 12.2. The summed E-state index contributed by atoms with van der Waals surface area (Å²) in [6.45, 7) is 0. The average molecular weight is 427 g/mol. The van der Waals surface area contributed by atoms with Crippen LogP contribution in [-0.2, 0) is 10.2 Å². The fraction of sp³-hybridized carbons (Fsp3) is 0.414. The van der Waals surface area contributed by atoms with E-state index in [1.54, 1.807) is 0 Å². The predicted octanol–water partition coefficient (Wildman–Crippen LogP) is 6.77. The van der Waals surface area contributed by atoms with E-state index in [4.69, 9.17) is 9.47 Å². The fourth-order valence-electron chi connectivity index (χ4n) is 7.49. The van der Waals surface area contributed by atoms with E-state index in [-0.39, 0.29) is 11.4 Å². The second-order valence-corrected chi connectivity index (χ2v) is 10.3. The molecule has 3 aromatic carbocycles. The number of carbonyl (C=O) groups is 1. The quantitative estimate of drug-likeness (QED) is 0.432. The molecule has 4 saturated carbocycles. The lowest BCUT2D eigenvalue weighted by Gasteiger charge is -2.57. The van der Waals surface area contributed by atoms with Crippen LogP contribution in [0.2, 0.25) is 0 Å². The molecule has 3 aromatic rings. The maximum absolute atomic E-state index is 12.2. The molecule has 0 atom stereocenters. The lowest BCUT2D eigenvalue weighted by molar-refractivity contribution is -0.00613. The van der Waals surface area contributed by atoms with Crippen molar-refractivity contribution < 1.29 is 14.3 Å². The van der Waals surface area contributed by atoms with E-state index < -0.39 is 0 Å². The number of esters is 1. The molecule has 0 unspecified atom stereocenters. The third-order valence-corrected chi connectivity index (χ3v) is 8.43. The first-order chi connectivity index (χ1) is 15.6. The zero-order valence-corrected chi connectivity index (χ0v) is 18.9. The molecule has 4 aliphatic rings. The molecule has 0 amide bonds. The van der Waals surface area contributed by atoms with E-state index in [2.05, 4.69) is 36.4 Å². The lowest BCUT2D eigenvalue weighted by atomic mass is 9.48. The molecule has 0 aliphatic heterocycles. The Morgan fingerprint density at radius 3 is 2.16 bits per heavy atom. The van der Waals surface area contributed by atoms with Crippen molar-refractivity contribution in [1.82, 2.24) is 0 Å². The molecule has 0 aromatic heterocycles. The Morgan fingerprint density at radius 1 is 0.844 bits per heavy atom. The van der Waals surface area contributed by atoms with E-state index in [1.165, 1.54) is 62.3 Å². The van der Waals surface area contributed by atoms with Gasteiger partial charge in [0.15, 0.2) is 0 Å². The number of rotatable bonds is 4. The number of hydrogen-bond acceptors (Lipinski definition) is 3. The van der Waals surface area contributed by atoms with Crippen LogP contribution in [0, 0.1) is 17.8 Å². The summed E-state index contributed by atoms with van der Waals surface area (Å²) in [6.07, 6.45) is 8.27. The summed E-state index contributed by atoms with van der Waals surface area (Å²) < 4.78 is 10.9. The first kappa shape index (κ1) is 19.8. The van der Waals surface area contributed by atoms with Crippen molar-refractivity contribution >= 4 is 16.7 Å². The third kappa shape index (κ3) is 3.05. The maximum Gasteiger partial charge on any atom is 0.338 e. The largest absolute Gasteiger partial charge is 0.496 e. The molecule has 4 bridgehead atoms. The SMILES string of the molecule is COC(=O)c1cccc2cc(-c3ccc(OC)c(C45CC6CC(CC(C6)C4)C5)c3)ccc12. The summed E-state index contributed by atoms with van der Waals surface area (Å²) in [5.74, 6) is 3.44. The maximum atomic E-state index is 12.2. The number of benzene rings is 3. The van der Waals surface area contributed by atoms with Crippen molar-refractivity contribution in [2.75, 3.05) is 14.2 Å². The van der Waals surface area contributed by atoms with Crippen molar-refractivity contribution in [3.63, 3.8) is 0 Å². The van der Waals surface area contributed by atoms with Gasteiger partial charge in [-0.2, -0.15) is 0 Å². The summed E-state index contributed by atoms with van der Waals surface area (Å²) >= 11 is 0.